The second kappa shape index (κ2) is 24.4. The Morgan fingerprint density at radius 2 is 1.18 bits per heavy atom. The van der Waals surface area contributed by atoms with Gasteiger partial charge in [0.1, 0.15) is 0 Å². The maximum absolute atomic E-state index is 6.00. The van der Waals surface area contributed by atoms with E-state index >= 15 is 0 Å². The van der Waals surface area contributed by atoms with Gasteiger partial charge >= 0.3 is 0 Å². The summed E-state index contributed by atoms with van der Waals surface area (Å²) in [7, 11) is 0. The van der Waals surface area contributed by atoms with Crippen molar-refractivity contribution in [1.29, 1.82) is 11.1 Å². The van der Waals surface area contributed by atoms with Crippen molar-refractivity contribution in [3.63, 3.8) is 0 Å². The molecule has 0 aliphatic heterocycles. The van der Waals surface area contributed by atoms with Gasteiger partial charge < -0.3 is 11.7 Å². The Hall–Kier alpha value is -1.93. The van der Waals surface area contributed by atoms with Gasteiger partial charge in [0.2, 0.25) is 0 Å². The Morgan fingerprint density at radius 1 is 0.909 bits per heavy atom. The molecule has 0 aromatic carbocycles. The van der Waals surface area contributed by atoms with Gasteiger partial charge in [0, 0.05) is 0 Å². The fraction of sp³-hybridized carbons (Fsp3) is 0. The topological polar surface area (TPSA) is 149 Å². The summed E-state index contributed by atoms with van der Waals surface area (Å²) in [5.41, 5.74) is 12.0. The molecule has 0 unspecified atom stereocenters. The van der Waals surface area contributed by atoms with Gasteiger partial charge in [-0.25, -0.2) is 11.1 Å². The van der Waals surface area contributed by atoms with Crippen LogP contribution < -0.4 is 11.7 Å². The minimum Gasteiger partial charge on any atom is -0.322 e. The first-order valence-corrected chi connectivity index (χ1v) is 2.00. The molecule has 0 fully saturated rings. The quantitative estimate of drug-likeness (QED) is 0.149. The van der Waals surface area contributed by atoms with Gasteiger partial charge in [-0.15, -0.1) is 10.2 Å². The van der Waals surface area contributed by atoms with Crippen molar-refractivity contribution >= 4 is 12.7 Å². The fourth-order valence-corrected chi connectivity index (χ4v) is 0.0667. The summed E-state index contributed by atoms with van der Waals surface area (Å²) in [5.74, 6) is 8.99. The monoisotopic (exact) mass is 164 g/mol. The van der Waals surface area contributed by atoms with Gasteiger partial charge in [-0.1, -0.05) is 0 Å². The molecule has 9 heteroatoms. The van der Waals surface area contributed by atoms with Crippen LogP contribution in [0.15, 0.2) is 20.4 Å². The Morgan fingerprint density at radius 3 is 1.18 bits per heavy atom. The largest absolute Gasteiger partial charge is 0.322 e. The number of hydrogen-bond acceptors (Lipinski definition) is 6. The van der Waals surface area contributed by atoms with Crippen molar-refractivity contribution in [1.82, 2.24) is 0 Å². The molecule has 0 aliphatic rings. The summed E-state index contributed by atoms with van der Waals surface area (Å²) in [6, 6.07) is 0. The molecule has 11 heavy (non-hydrogen) atoms. The molecule has 6 N–H and O–H groups in total. The van der Waals surface area contributed by atoms with Gasteiger partial charge in [0.15, 0.2) is 12.7 Å². The standard InChI is InChI=1S/2CH4N4.FH/c2*2-4-1-5-3;/h2*1-2H,3H2;1H. The first-order chi connectivity index (χ1) is 4.83. The predicted octanol–water partition coefficient (Wildman–Crippen LogP) is -0.00876. The van der Waals surface area contributed by atoms with E-state index < -0.39 is 0 Å². The highest BCUT2D eigenvalue weighted by molar-refractivity contribution is 5.53. The van der Waals surface area contributed by atoms with Gasteiger partial charge in [0.25, 0.3) is 0 Å². The molecule has 8 nitrogen and oxygen atoms in total. The number of rotatable bonds is 2. The number of nitrogens with one attached hydrogen (secondary N) is 2. The van der Waals surface area contributed by atoms with Crippen LogP contribution in [-0.4, -0.2) is 12.7 Å². The van der Waals surface area contributed by atoms with Crippen LogP contribution in [-0.2, 0) is 0 Å². The lowest BCUT2D eigenvalue weighted by molar-refractivity contribution is 1.11. The summed E-state index contributed by atoms with van der Waals surface area (Å²) in [5, 5.41) is 11.1. The normalized spacial score (nSPS) is 8.00. The lowest BCUT2D eigenvalue weighted by Gasteiger charge is -1.58. The molecule has 0 saturated carbocycles. The second-order valence-corrected chi connectivity index (χ2v) is 0.787. The summed E-state index contributed by atoms with van der Waals surface area (Å²) >= 11 is 0. The summed E-state index contributed by atoms with van der Waals surface area (Å²) in [4.78, 5) is 0. The molecule has 0 saturated heterocycles. The van der Waals surface area contributed by atoms with Crippen LogP contribution in [0, 0.1) is 11.1 Å². The molecule has 0 aromatic heterocycles. The van der Waals surface area contributed by atoms with Crippen LogP contribution in [0.25, 0.3) is 0 Å². The third kappa shape index (κ3) is 69.4. The van der Waals surface area contributed by atoms with Crippen LogP contribution in [0.5, 0.6) is 0 Å². The minimum absolute atomic E-state index is 0. The zero-order valence-corrected chi connectivity index (χ0v) is 5.51. The number of nitrogens with zero attached hydrogens (tertiary/aromatic N) is 4. The third-order valence-electron chi connectivity index (χ3n) is 0.249. The average Bonchev–Trinajstić information content (AvgIpc) is 1.93. The van der Waals surface area contributed by atoms with Crippen molar-refractivity contribution in [2.24, 2.45) is 32.1 Å². The maximum atomic E-state index is 6.00. The van der Waals surface area contributed by atoms with Gasteiger partial charge in [-0.2, -0.15) is 10.2 Å². The van der Waals surface area contributed by atoms with Gasteiger partial charge in [-0.3, -0.25) is 4.70 Å². The molecule has 0 amide bonds. The lowest BCUT2D eigenvalue weighted by Crippen LogP contribution is -1.75. The maximum Gasteiger partial charge on any atom is 0.156 e. The van der Waals surface area contributed by atoms with Crippen LogP contribution in [0.3, 0.4) is 0 Å². The molecule has 64 valence electrons. The smallest absolute Gasteiger partial charge is 0.156 e. The van der Waals surface area contributed by atoms with E-state index in [0.29, 0.717) is 0 Å². The molecule has 0 heterocycles. The highest BCUT2D eigenvalue weighted by Gasteiger charge is 1.44. The first-order valence-electron chi connectivity index (χ1n) is 2.00. The Kier molecular flexibility index (Phi) is 35.5. The van der Waals surface area contributed by atoms with Crippen LogP contribution in [0.4, 0.5) is 4.70 Å². The average molecular weight is 164 g/mol. The number of nitrogens with two attached hydrogens (primary N) is 2. The van der Waals surface area contributed by atoms with Crippen molar-refractivity contribution in [2.75, 3.05) is 0 Å². The fourth-order valence-electron chi connectivity index (χ4n) is 0.0667. The molecule has 0 bridgehead atoms. The summed E-state index contributed by atoms with van der Waals surface area (Å²) in [6.07, 6.45) is 1.89. The van der Waals surface area contributed by atoms with Crippen molar-refractivity contribution in [3.05, 3.63) is 0 Å². The van der Waals surface area contributed by atoms with E-state index in [1.807, 2.05) is 0 Å². The Bertz CT molecular complexity index is 112. The number of hydrogen-bond donors (Lipinski definition) is 4. The van der Waals surface area contributed by atoms with E-state index in [1.165, 1.54) is 0 Å². The Labute approximate surface area is 61.7 Å². The number of halogens is 1. The lowest BCUT2D eigenvalue weighted by atomic mass is 11.4. The van der Waals surface area contributed by atoms with E-state index in [1.54, 1.807) is 0 Å². The van der Waals surface area contributed by atoms with Crippen molar-refractivity contribution in [2.45, 2.75) is 0 Å². The van der Waals surface area contributed by atoms with E-state index in [4.69, 9.17) is 11.1 Å². The van der Waals surface area contributed by atoms with Crippen LogP contribution in [0.2, 0.25) is 0 Å². The highest BCUT2D eigenvalue weighted by atomic mass is 19.0. The predicted molar refractivity (Wildman–Crippen MR) is 38.2 cm³/mol. The first kappa shape index (κ1) is 16.0. The second-order valence-electron chi connectivity index (χ2n) is 0.787. The van der Waals surface area contributed by atoms with E-state index in [9.17, 15) is 0 Å². The van der Waals surface area contributed by atoms with E-state index in [-0.39, 0.29) is 4.70 Å². The summed E-state index contributed by atoms with van der Waals surface area (Å²) in [6.45, 7) is 0. The molecule has 0 aromatic rings. The van der Waals surface area contributed by atoms with Crippen molar-refractivity contribution in [3.8, 4) is 0 Å². The molecular weight excluding hydrogens is 155 g/mol. The summed E-state index contributed by atoms with van der Waals surface area (Å²) < 4.78 is 0. The minimum atomic E-state index is 0. The third-order valence-corrected chi connectivity index (χ3v) is 0.249. The molecule has 0 rings (SSSR count). The van der Waals surface area contributed by atoms with Crippen LogP contribution in [0.1, 0.15) is 0 Å². The zero-order chi connectivity index (χ0) is 8.24. The van der Waals surface area contributed by atoms with Gasteiger partial charge in [0.05, 0.1) is 0 Å². The van der Waals surface area contributed by atoms with Crippen LogP contribution >= 0.6 is 0 Å². The highest BCUT2D eigenvalue weighted by Crippen LogP contribution is 1.45. The molecular formula is C2H9FN8. The number of hydrazone groups is 2. The van der Waals surface area contributed by atoms with E-state index in [2.05, 4.69) is 32.1 Å². The molecule has 0 spiro atoms. The SMILES string of the molecule is F.N=NC=NN.N=NC=NN. The Balaban J connectivity index is -0.000000107. The molecule has 0 radical (unpaired) electrons. The van der Waals surface area contributed by atoms with Gasteiger partial charge in [-0.05, 0) is 0 Å². The van der Waals surface area contributed by atoms with Crippen molar-refractivity contribution < 1.29 is 4.70 Å². The molecule has 0 aliphatic carbocycles. The molecule has 0 atom stereocenters. The van der Waals surface area contributed by atoms with E-state index in [0.717, 1.165) is 12.7 Å². The zero-order valence-electron chi connectivity index (χ0n) is 5.51.